The maximum atomic E-state index is 8.60. The van der Waals surface area contributed by atoms with Gasteiger partial charge in [0.2, 0.25) is 0 Å². The van der Waals surface area contributed by atoms with Crippen LogP contribution in [0.1, 0.15) is 11.1 Å². The molecule has 0 radical (unpaired) electrons. The first-order valence-corrected chi connectivity index (χ1v) is 6.38. The molecule has 0 spiro atoms. The number of amidine groups is 1. The van der Waals surface area contributed by atoms with Gasteiger partial charge in [-0.1, -0.05) is 35.0 Å². The highest BCUT2D eigenvalue weighted by Gasteiger charge is 2.07. The molecule has 0 aliphatic heterocycles. The van der Waals surface area contributed by atoms with Crippen molar-refractivity contribution in [1.29, 1.82) is 0 Å². The van der Waals surface area contributed by atoms with Crippen molar-refractivity contribution in [3.63, 3.8) is 0 Å². The summed E-state index contributed by atoms with van der Waals surface area (Å²) in [5.74, 6) is 0.817. The fraction of sp³-hybridized carbons (Fsp3) is 0.143. The molecule has 1 heterocycles. The molecular formula is C14H15ClN4O. The summed E-state index contributed by atoms with van der Waals surface area (Å²) >= 11 is 6.13. The minimum Gasteiger partial charge on any atom is -0.409 e. The van der Waals surface area contributed by atoms with Gasteiger partial charge in [-0.15, -0.1) is 0 Å². The lowest BCUT2D eigenvalue weighted by molar-refractivity contribution is 0.318. The van der Waals surface area contributed by atoms with E-state index in [9.17, 15) is 0 Å². The Kier molecular flexibility index (Phi) is 4.42. The summed E-state index contributed by atoms with van der Waals surface area (Å²) in [6.45, 7) is 0.648. The quantitative estimate of drug-likeness (QED) is 0.393. The van der Waals surface area contributed by atoms with Crippen molar-refractivity contribution >= 4 is 23.3 Å². The summed E-state index contributed by atoms with van der Waals surface area (Å²) in [7, 11) is 1.93. The van der Waals surface area contributed by atoms with E-state index in [-0.39, 0.29) is 5.84 Å². The molecule has 20 heavy (non-hydrogen) atoms. The lowest BCUT2D eigenvalue weighted by atomic mass is 10.2. The molecule has 0 fully saturated rings. The Balaban J connectivity index is 2.14. The van der Waals surface area contributed by atoms with Gasteiger partial charge in [-0.3, -0.25) is 0 Å². The van der Waals surface area contributed by atoms with Crippen molar-refractivity contribution in [2.75, 3.05) is 11.9 Å². The van der Waals surface area contributed by atoms with Gasteiger partial charge in [0.05, 0.1) is 0 Å². The zero-order valence-electron chi connectivity index (χ0n) is 11.0. The molecular weight excluding hydrogens is 276 g/mol. The molecule has 2 aromatic rings. The standard InChI is InChI=1S/C14H15ClN4O/c1-19(9-11-4-2-3-5-12(11)15)13-7-6-10(8-17-13)14(16)18-20/h2-8,20H,9H2,1H3,(H2,16,18). The first-order chi connectivity index (χ1) is 9.61. The fourth-order valence-corrected chi connectivity index (χ4v) is 1.98. The van der Waals surface area contributed by atoms with Gasteiger partial charge in [-0.25, -0.2) is 4.98 Å². The predicted molar refractivity (Wildman–Crippen MR) is 80.3 cm³/mol. The average molecular weight is 291 g/mol. The number of nitrogens with zero attached hydrogens (tertiary/aromatic N) is 3. The van der Waals surface area contributed by atoms with Crippen molar-refractivity contribution < 1.29 is 5.21 Å². The molecule has 0 amide bonds. The van der Waals surface area contributed by atoms with Crippen LogP contribution in [-0.2, 0) is 6.54 Å². The highest BCUT2D eigenvalue weighted by atomic mass is 35.5. The number of rotatable bonds is 4. The van der Waals surface area contributed by atoms with Gasteiger partial charge in [0.15, 0.2) is 5.84 Å². The molecule has 0 unspecified atom stereocenters. The summed E-state index contributed by atoms with van der Waals surface area (Å²) in [6, 6.07) is 11.2. The summed E-state index contributed by atoms with van der Waals surface area (Å²) in [4.78, 5) is 6.25. The summed E-state index contributed by atoms with van der Waals surface area (Å²) in [5.41, 5.74) is 7.09. The van der Waals surface area contributed by atoms with Crippen LogP contribution in [0.2, 0.25) is 5.02 Å². The monoisotopic (exact) mass is 290 g/mol. The molecule has 104 valence electrons. The zero-order valence-corrected chi connectivity index (χ0v) is 11.7. The third-order valence-electron chi connectivity index (χ3n) is 2.91. The Labute approximate surface area is 122 Å². The second-order valence-corrected chi connectivity index (χ2v) is 4.74. The smallest absolute Gasteiger partial charge is 0.171 e. The lowest BCUT2D eigenvalue weighted by Crippen LogP contribution is -2.19. The molecule has 1 aromatic carbocycles. The van der Waals surface area contributed by atoms with Gasteiger partial charge >= 0.3 is 0 Å². The van der Waals surface area contributed by atoms with E-state index < -0.39 is 0 Å². The number of anilines is 1. The molecule has 0 bridgehead atoms. The van der Waals surface area contributed by atoms with Crippen LogP contribution in [0.15, 0.2) is 47.8 Å². The minimum atomic E-state index is 0.0396. The normalized spacial score (nSPS) is 11.4. The van der Waals surface area contributed by atoms with Crippen LogP contribution in [0, 0.1) is 0 Å². The molecule has 3 N–H and O–H groups in total. The minimum absolute atomic E-state index is 0.0396. The van der Waals surface area contributed by atoms with Crippen LogP contribution < -0.4 is 10.6 Å². The number of pyridine rings is 1. The number of benzene rings is 1. The molecule has 0 saturated carbocycles. The van der Waals surface area contributed by atoms with E-state index in [0.717, 1.165) is 16.4 Å². The van der Waals surface area contributed by atoms with Crippen LogP contribution in [0.3, 0.4) is 0 Å². The van der Waals surface area contributed by atoms with E-state index in [4.69, 9.17) is 22.5 Å². The third-order valence-corrected chi connectivity index (χ3v) is 3.28. The Morgan fingerprint density at radius 3 is 2.70 bits per heavy atom. The van der Waals surface area contributed by atoms with Gasteiger partial charge in [-0.2, -0.15) is 0 Å². The highest BCUT2D eigenvalue weighted by Crippen LogP contribution is 2.19. The van der Waals surface area contributed by atoms with Crippen LogP contribution in [0.25, 0.3) is 0 Å². The fourth-order valence-electron chi connectivity index (χ4n) is 1.78. The molecule has 0 aliphatic rings. The van der Waals surface area contributed by atoms with Crippen LogP contribution in [-0.4, -0.2) is 23.1 Å². The summed E-state index contributed by atoms with van der Waals surface area (Å²) < 4.78 is 0. The van der Waals surface area contributed by atoms with E-state index in [1.807, 2.05) is 42.3 Å². The number of halogens is 1. The number of hydrogen-bond donors (Lipinski definition) is 2. The van der Waals surface area contributed by atoms with Gasteiger partial charge in [-0.05, 0) is 23.8 Å². The van der Waals surface area contributed by atoms with Crippen molar-refractivity contribution in [3.05, 3.63) is 58.7 Å². The van der Waals surface area contributed by atoms with Crippen molar-refractivity contribution in [3.8, 4) is 0 Å². The summed E-state index contributed by atoms with van der Waals surface area (Å²) in [5, 5.41) is 12.3. The van der Waals surface area contributed by atoms with Crippen molar-refractivity contribution in [2.45, 2.75) is 6.54 Å². The highest BCUT2D eigenvalue weighted by molar-refractivity contribution is 6.31. The Morgan fingerprint density at radius 1 is 1.35 bits per heavy atom. The van der Waals surface area contributed by atoms with E-state index >= 15 is 0 Å². The third kappa shape index (κ3) is 3.19. The Hall–Kier alpha value is -2.27. The molecule has 1 aromatic heterocycles. The molecule has 5 nitrogen and oxygen atoms in total. The van der Waals surface area contributed by atoms with Gasteiger partial charge in [0, 0.05) is 30.4 Å². The van der Waals surface area contributed by atoms with E-state index in [1.165, 1.54) is 0 Å². The van der Waals surface area contributed by atoms with Crippen molar-refractivity contribution in [2.24, 2.45) is 10.9 Å². The number of oxime groups is 1. The van der Waals surface area contributed by atoms with E-state index in [2.05, 4.69) is 10.1 Å². The van der Waals surface area contributed by atoms with Gasteiger partial charge in [0.1, 0.15) is 5.82 Å². The molecule has 0 atom stereocenters. The molecule has 6 heteroatoms. The Bertz CT molecular complexity index is 613. The summed E-state index contributed by atoms with van der Waals surface area (Å²) in [6.07, 6.45) is 1.56. The van der Waals surface area contributed by atoms with Gasteiger partial charge in [0.25, 0.3) is 0 Å². The second kappa shape index (κ2) is 6.25. The van der Waals surface area contributed by atoms with Crippen LogP contribution >= 0.6 is 11.6 Å². The lowest BCUT2D eigenvalue weighted by Gasteiger charge is -2.19. The van der Waals surface area contributed by atoms with Crippen LogP contribution in [0.4, 0.5) is 5.82 Å². The molecule has 2 rings (SSSR count). The maximum Gasteiger partial charge on any atom is 0.171 e. The predicted octanol–water partition coefficient (Wildman–Crippen LogP) is 2.47. The largest absolute Gasteiger partial charge is 0.409 e. The van der Waals surface area contributed by atoms with Gasteiger partial charge < -0.3 is 15.8 Å². The SMILES string of the molecule is CN(Cc1ccccc1Cl)c1ccc(C(N)=NO)cn1. The second-order valence-electron chi connectivity index (χ2n) is 4.34. The maximum absolute atomic E-state index is 8.60. The van der Waals surface area contributed by atoms with Crippen molar-refractivity contribution in [1.82, 2.24) is 4.98 Å². The average Bonchev–Trinajstić information content (AvgIpc) is 2.49. The molecule has 0 saturated heterocycles. The molecule has 0 aliphatic carbocycles. The van der Waals surface area contributed by atoms with Crippen LogP contribution in [0.5, 0.6) is 0 Å². The van der Waals surface area contributed by atoms with E-state index in [1.54, 1.807) is 12.3 Å². The number of aromatic nitrogens is 1. The first-order valence-electron chi connectivity index (χ1n) is 6.00. The topological polar surface area (TPSA) is 74.7 Å². The Morgan fingerprint density at radius 2 is 2.10 bits per heavy atom. The number of nitrogens with two attached hydrogens (primary N) is 1. The number of hydrogen-bond acceptors (Lipinski definition) is 4. The first kappa shape index (κ1) is 14.1. The van der Waals surface area contributed by atoms with E-state index in [0.29, 0.717) is 12.1 Å². The zero-order chi connectivity index (χ0) is 14.5.